The van der Waals surface area contributed by atoms with E-state index < -0.39 is 0 Å². The fourth-order valence-electron chi connectivity index (χ4n) is 2.69. The summed E-state index contributed by atoms with van der Waals surface area (Å²) in [6, 6.07) is 10.1. The molecule has 5 heteroatoms. The molecule has 2 N–H and O–H groups in total. The lowest BCUT2D eigenvalue weighted by atomic mass is 9.89. The normalized spacial score (nSPS) is 16.8. The van der Waals surface area contributed by atoms with Gasteiger partial charge in [-0.2, -0.15) is 0 Å². The van der Waals surface area contributed by atoms with E-state index >= 15 is 0 Å². The van der Waals surface area contributed by atoms with Gasteiger partial charge in [0.05, 0.1) is 12.0 Å². The summed E-state index contributed by atoms with van der Waals surface area (Å²) in [6.07, 6.45) is 8.26. The molecule has 0 radical (unpaired) electrons. The van der Waals surface area contributed by atoms with Gasteiger partial charge in [0, 0.05) is 27.4 Å². The lowest BCUT2D eigenvalue weighted by molar-refractivity contribution is -0.125. The highest BCUT2D eigenvalue weighted by atomic mass is 35.5. The highest BCUT2D eigenvalue weighted by molar-refractivity contribution is 5.85. The van der Waals surface area contributed by atoms with Crippen molar-refractivity contribution in [1.82, 2.24) is 15.3 Å². The van der Waals surface area contributed by atoms with Gasteiger partial charge < -0.3 is 10.3 Å². The minimum Gasteiger partial charge on any atom is -0.352 e. The number of H-pyrrole nitrogens is 1. The zero-order valence-corrected chi connectivity index (χ0v) is 13.1. The second-order valence-corrected chi connectivity index (χ2v) is 5.33. The molecule has 1 amide bonds. The molecule has 0 aliphatic heterocycles. The Labute approximate surface area is 139 Å². The minimum atomic E-state index is 0. The van der Waals surface area contributed by atoms with E-state index in [9.17, 15) is 4.79 Å². The van der Waals surface area contributed by atoms with Crippen LogP contribution in [0.3, 0.4) is 0 Å². The smallest absolute Gasteiger partial charge is 0.223 e. The van der Waals surface area contributed by atoms with E-state index in [0.29, 0.717) is 6.54 Å². The second kappa shape index (κ2) is 7.80. The van der Waals surface area contributed by atoms with Crippen LogP contribution in [0.4, 0.5) is 0 Å². The van der Waals surface area contributed by atoms with Crippen molar-refractivity contribution in [3.05, 3.63) is 59.7 Å². The molecule has 1 aliphatic rings. The predicted molar refractivity (Wildman–Crippen MR) is 94.1 cm³/mol. The third-order valence-corrected chi connectivity index (χ3v) is 3.86. The highest BCUT2D eigenvalue weighted by Crippen LogP contribution is 2.22. The van der Waals surface area contributed by atoms with Gasteiger partial charge in [0.1, 0.15) is 0 Å². The first-order valence-corrected chi connectivity index (χ1v) is 7.33. The number of imidazole rings is 1. The molecule has 4 nitrogen and oxygen atoms in total. The van der Waals surface area contributed by atoms with Crippen molar-refractivity contribution in [2.24, 2.45) is 5.92 Å². The van der Waals surface area contributed by atoms with Crippen LogP contribution in [0.2, 0.25) is 0 Å². The number of benzene rings is 1. The lowest BCUT2D eigenvalue weighted by Gasteiger charge is -2.20. The van der Waals surface area contributed by atoms with E-state index in [-0.39, 0.29) is 27.1 Å². The fourth-order valence-corrected chi connectivity index (χ4v) is 2.69. The quantitative estimate of drug-likeness (QED) is 0.908. The molecule has 1 aliphatic carbocycles. The molecule has 0 bridgehead atoms. The summed E-state index contributed by atoms with van der Waals surface area (Å²) in [6.45, 7) is 0.570. The number of fused-ring (bicyclic) bond motifs is 1. The van der Waals surface area contributed by atoms with Gasteiger partial charge in [-0.1, -0.05) is 42.5 Å². The molecule has 0 spiro atoms. The first-order chi connectivity index (χ1) is 10.3. The Hall–Kier alpha value is -2.07. The predicted octanol–water partition coefficient (Wildman–Crippen LogP) is 3.26. The van der Waals surface area contributed by atoms with Crippen LogP contribution >= 0.6 is 12.4 Å². The molecule has 0 saturated carbocycles. The van der Waals surface area contributed by atoms with Crippen LogP contribution in [0.15, 0.2) is 42.7 Å². The van der Waals surface area contributed by atoms with Gasteiger partial charge in [0.25, 0.3) is 0 Å². The van der Waals surface area contributed by atoms with Crippen LogP contribution in [-0.2, 0) is 17.6 Å². The molecule has 0 fully saturated rings. The summed E-state index contributed by atoms with van der Waals surface area (Å²) >= 11 is 0. The Kier molecular flexibility index (Phi) is 5.78. The van der Waals surface area contributed by atoms with Gasteiger partial charge in [-0.05, 0) is 18.4 Å². The molecule has 1 unspecified atom stereocenters. The van der Waals surface area contributed by atoms with E-state index in [1.807, 2.05) is 42.5 Å². The summed E-state index contributed by atoms with van der Waals surface area (Å²) in [5.74, 6) is 0.191. The first-order valence-electron chi connectivity index (χ1n) is 7.33. The number of halogens is 1. The van der Waals surface area contributed by atoms with Gasteiger partial charge >= 0.3 is 0 Å². The number of amides is 1. The highest BCUT2D eigenvalue weighted by Gasteiger charge is 2.25. The number of aryl methyl sites for hydroxylation is 1. The number of rotatable bonds is 4. The number of nitrogens with one attached hydrogen (secondary N) is 2. The Morgan fingerprint density at radius 3 is 3.05 bits per heavy atom. The minimum absolute atomic E-state index is 0. The molecule has 1 aromatic carbocycles. The van der Waals surface area contributed by atoms with Gasteiger partial charge in [-0.15, -0.1) is 12.4 Å². The number of nitrogens with zero attached hydrogens (tertiary/aromatic N) is 1. The molecule has 1 atom stereocenters. The van der Waals surface area contributed by atoms with E-state index in [1.165, 1.54) is 0 Å². The Bertz CT molecular complexity index is 646. The SMILES string of the molecule is Cl.O=C(NC/C=C/c1ccccc1)C1CCc2nc[nH]c2C1.[HH].[HH]. The summed E-state index contributed by atoms with van der Waals surface area (Å²) in [7, 11) is 0. The molecule has 1 heterocycles. The Morgan fingerprint density at radius 2 is 2.23 bits per heavy atom. The monoisotopic (exact) mass is 321 g/mol. The second-order valence-electron chi connectivity index (χ2n) is 5.33. The van der Waals surface area contributed by atoms with E-state index in [2.05, 4.69) is 15.3 Å². The molecule has 120 valence electrons. The van der Waals surface area contributed by atoms with Gasteiger partial charge in [-0.3, -0.25) is 4.79 Å². The van der Waals surface area contributed by atoms with E-state index in [1.54, 1.807) is 6.33 Å². The Balaban J connectivity index is 0.00000176. The summed E-state index contributed by atoms with van der Waals surface area (Å²) in [5, 5.41) is 2.99. The average molecular weight is 322 g/mol. The molecule has 0 saturated heterocycles. The zero-order chi connectivity index (χ0) is 14.5. The van der Waals surface area contributed by atoms with Gasteiger partial charge in [0.15, 0.2) is 0 Å². The molecule has 3 rings (SSSR count). The van der Waals surface area contributed by atoms with Crippen molar-refractivity contribution in [2.45, 2.75) is 19.3 Å². The van der Waals surface area contributed by atoms with Crippen molar-refractivity contribution >= 4 is 24.4 Å². The van der Waals surface area contributed by atoms with Crippen molar-refractivity contribution in [3.8, 4) is 0 Å². The van der Waals surface area contributed by atoms with Crippen LogP contribution in [0.25, 0.3) is 6.08 Å². The zero-order valence-electron chi connectivity index (χ0n) is 12.3. The van der Waals surface area contributed by atoms with Gasteiger partial charge in [-0.25, -0.2) is 4.98 Å². The molecular weight excluding hydrogens is 298 g/mol. The fraction of sp³-hybridized carbons (Fsp3) is 0.294. The number of hydrogen-bond acceptors (Lipinski definition) is 2. The van der Waals surface area contributed by atoms with Crippen molar-refractivity contribution in [3.63, 3.8) is 0 Å². The maximum absolute atomic E-state index is 12.2. The van der Waals surface area contributed by atoms with E-state index in [4.69, 9.17) is 0 Å². The van der Waals surface area contributed by atoms with E-state index in [0.717, 1.165) is 36.2 Å². The molecule has 22 heavy (non-hydrogen) atoms. The first kappa shape index (κ1) is 16.3. The Morgan fingerprint density at radius 1 is 1.41 bits per heavy atom. The van der Waals surface area contributed by atoms with Crippen molar-refractivity contribution in [1.29, 1.82) is 0 Å². The standard InChI is InChI=1S/C17H19N3O.ClH.2H2/c21-17(14-8-9-15-16(11-14)20-12-19-15)18-10-4-7-13-5-2-1-3-6-13;;;/h1-7,12,14H,8-11H2,(H,18,21)(H,19,20);3*1H/b7-4+;;;. The summed E-state index contributed by atoms with van der Waals surface area (Å²) in [4.78, 5) is 19.5. The van der Waals surface area contributed by atoms with Crippen molar-refractivity contribution in [2.75, 3.05) is 6.54 Å². The largest absolute Gasteiger partial charge is 0.352 e. The number of carbonyl (C=O) groups excluding carboxylic acids is 1. The number of aromatic amines is 1. The molecular formula is C17H24ClN3O. The topological polar surface area (TPSA) is 57.8 Å². The summed E-state index contributed by atoms with van der Waals surface area (Å²) < 4.78 is 0. The number of aromatic nitrogens is 2. The van der Waals surface area contributed by atoms with Crippen LogP contribution in [0.1, 0.15) is 26.2 Å². The maximum atomic E-state index is 12.2. The maximum Gasteiger partial charge on any atom is 0.223 e. The van der Waals surface area contributed by atoms with Crippen LogP contribution < -0.4 is 5.32 Å². The molecule has 2 aromatic rings. The average Bonchev–Trinajstić information content (AvgIpc) is 3.00. The number of hydrogen-bond donors (Lipinski definition) is 2. The van der Waals surface area contributed by atoms with Crippen LogP contribution in [-0.4, -0.2) is 22.4 Å². The van der Waals surface area contributed by atoms with Crippen LogP contribution in [0, 0.1) is 5.92 Å². The van der Waals surface area contributed by atoms with Crippen molar-refractivity contribution < 1.29 is 7.65 Å². The third kappa shape index (κ3) is 3.98. The number of carbonyl (C=O) groups is 1. The molecule has 1 aromatic heterocycles. The summed E-state index contributed by atoms with van der Waals surface area (Å²) in [5.41, 5.74) is 3.37. The van der Waals surface area contributed by atoms with Crippen LogP contribution in [0.5, 0.6) is 0 Å². The van der Waals surface area contributed by atoms with Gasteiger partial charge in [0.2, 0.25) is 5.91 Å². The lowest BCUT2D eigenvalue weighted by Crippen LogP contribution is -2.34. The third-order valence-electron chi connectivity index (χ3n) is 3.86.